The van der Waals surface area contributed by atoms with Crippen LogP contribution in [0.3, 0.4) is 0 Å². The molecular formula is C19H21NO4S. The van der Waals surface area contributed by atoms with Gasteiger partial charge in [-0.05, 0) is 43.9 Å². The summed E-state index contributed by atoms with van der Waals surface area (Å²) in [7, 11) is 1.59. The number of benzene rings is 1. The highest BCUT2D eigenvalue weighted by Crippen LogP contribution is 2.31. The minimum Gasteiger partial charge on any atom is -0.496 e. The maximum Gasteiger partial charge on any atom is 0.349 e. The van der Waals surface area contributed by atoms with E-state index in [0.717, 1.165) is 24.8 Å². The summed E-state index contributed by atoms with van der Waals surface area (Å²) in [4.78, 5) is 26.3. The van der Waals surface area contributed by atoms with Crippen molar-refractivity contribution in [3.63, 3.8) is 0 Å². The van der Waals surface area contributed by atoms with E-state index in [1.807, 2.05) is 30.3 Å². The molecule has 5 nitrogen and oxygen atoms in total. The van der Waals surface area contributed by atoms with Crippen molar-refractivity contribution in [2.24, 2.45) is 0 Å². The van der Waals surface area contributed by atoms with Crippen LogP contribution >= 0.6 is 11.3 Å². The SMILES string of the molecule is COc1ccccc1CNC(=O)[C@H](C)OC(=O)c1cc2c(s1)CCC2. The number of hydrogen-bond donors (Lipinski definition) is 1. The van der Waals surface area contributed by atoms with Gasteiger partial charge >= 0.3 is 5.97 Å². The number of aryl methyl sites for hydroxylation is 2. The lowest BCUT2D eigenvalue weighted by molar-refractivity contribution is -0.129. The number of para-hydroxylation sites is 1. The summed E-state index contributed by atoms with van der Waals surface area (Å²) in [6, 6.07) is 9.36. The zero-order valence-corrected chi connectivity index (χ0v) is 15.2. The molecule has 1 aliphatic carbocycles. The van der Waals surface area contributed by atoms with Gasteiger partial charge in [-0.3, -0.25) is 4.79 Å². The van der Waals surface area contributed by atoms with Gasteiger partial charge < -0.3 is 14.8 Å². The number of esters is 1. The zero-order chi connectivity index (χ0) is 17.8. The molecule has 1 N–H and O–H groups in total. The van der Waals surface area contributed by atoms with Gasteiger partial charge in [-0.25, -0.2) is 4.79 Å². The van der Waals surface area contributed by atoms with Crippen LogP contribution in [0.1, 0.15) is 39.0 Å². The molecule has 1 amide bonds. The number of rotatable bonds is 6. The molecule has 0 bridgehead atoms. The summed E-state index contributed by atoms with van der Waals surface area (Å²) in [5, 5.41) is 2.78. The Hall–Kier alpha value is -2.34. The van der Waals surface area contributed by atoms with Crippen LogP contribution in [0.15, 0.2) is 30.3 Å². The van der Waals surface area contributed by atoms with E-state index in [4.69, 9.17) is 9.47 Å². The first-order chi connectivity index (χ1) is 12.1. The van der Waals surface area contributed by atoms with Crippen molar-refractivity contribution < 1.29 is 19.1 Å². The normalized spacial score (nSPS) is 13.8. The third-order valence-corrected chi connectivity index (χ3v) is 5.46. The Morgan fingerprint density at radius 1 is 1.28 bits per heavy atom. The largest absolute Gasteiger partial charge is 0.496 e. The number of ether oxygens (including phenoxy) is 2. The lowest BCUT2D eigenvalue weighted by atomic mass is 10.2. The van der Waals surface area contributed by atoms with E-state index in [0.29, 0.717) is 17.2 Å². The van der Waals surface area contributed by atoms with E-state index in [1.165, 1.54) is 21.8 Å². The van der Waals surface area contributed by atoms with Gasteiger partial charge in [0.2, 0.25) is 0 Å². The van der Waals surface area contributed by atoms with Crippen molar-refractivity contribution in [1.29, 1.82) is 0 Å². The smallest absolute Gasteiger partial charge is 0.349 e. The lowest BCUT2D eigenvalue weighted by Gasteiger charge is -2.14. The fourth-order valence-corrected chi connectivity index (χ4v) is 4.01. The first kappa shape index (κ1) is 17.5. The fraction of sp³-hybridized carbons (Fsp3) is 0.368. The zero-order valence-electron chi connectivity index (χ0n) is 14.3. The molecule has 0 spiro atoms. The molecule has 1 aromatic carbocycles. The predicted molar refractivity (Wildman–Crippen MR) is 96.1 cm³/mol. The molecule has 25 heavy (non-hydrogen) atoms. The van der Waals surface area contributed by atoms with Gasteiger partial charge in [-0.2, -0.15) is 0 Å². The van der Waals surface area contributed by atoms with Crippen LogP contribution in [-0.2, 0) is 28.9 Å². The van der Waals surface area contributed by atoms with Crippen LogP contribution in [0.4, 0.5) is 0 Å². The number of nitrogens with one attached hydrogen (secondary N) is 1. The van der Waals surface area contributed by atoms with E-state index in [9.17, 15) is 9.59 Å². The summed E-state index contributed by atoms with van der Waals surface area (Å²) < 4.78 is 10.6. The molecule has 1 atom stereocenters. The van der Waals surface area contributed by atoms with Crippen LogP contribution < -0.4 is 10.1 Å². The van der Waals surface area contributed by atoms with Gasteiger partial charge in [0, 0.05) is 17.0 Å². The summed E-state index contributed by atoms with van der Waals surface area (Å²) >= 11 is 1.48. The summed E-state index contributed by atoms with van der Waals surface area (Å²) in [5.41, 5.74) is 2.11. The van der Waals surface area contributed by atoms with Crippen molar-refractivity contribution in [2.45, 2.75) is 38.8 Å². The van der Waals surface area contributed by atoms with Gasteiger partial charge in [0.05, 0.1) is 7.11 Å². The van der Waals surface area contributed by atoms with Crippen LogP contribution in [0.5, 0.6) is 5.75 Å². The standard InChI is InChI=1S/C19H21NO4S/c1-12(18(21)20-11-14-6-3-4-8-15(14)23-2)24-19(22)17-10-13-7-5-9-16(13)25-17/h3-4,6,8,10,12H,5,7,9,11H2,1-2H3,(H,20,21)/t12-/m0/s1. The van der Waals surface area contributed by atoms with E-state index < -0.39 is 12.1 Å². The van der Waals surface area contributed by atoms with E-state index in [2.05, 4.69) is 5.32 Å². The van der Waals surface area contributed by atoms with E-state index in [-0.39, 0.29) is 5.91 Å². The predicted octanol–water partition coefficient (Wildman–Crippen LogP) is 3.11. The topological polar surface area (TPSA) is 64.6 Å². The fourth-order valence-electron chi connectivity index (χ4n) is 2.88. The van der Waals surface area contributed by atoms with Gasteiger partial charge in [-0.15, -0.1) is 11.3 Å². The average molecular weight is 359 g/mol. The van der Waals surface area contributed by atoms with Gasteiger partial charge in [0.15, 0.2) is 6.10 Å². The monoisotopic (exact) mass is 359 g/mol. The Balaban J connectivity index is 1.54. The van der Waals surface area contributed by atoms with Crippen molar-refractivity contribution in [3.05, 3.63) is 51.2 Å². The molecule has 2 aromatic rings. The maximum atomic E-state index is 12.2. The van der Waals surface area contributed by atoms with E-state index >= 15 is 0 Å². The van der Waals surface area contributed by atoms with Crippen LogP contribution in [0.25, 0.3) is 0 Å². The molecule has 0 aliphatic heterocycles. The lowest BCUT2D eigenvalue weighted by Crippen LogP contribution is -2.35. The molecule has 1 aliphatic rings. The molecule has 0 unspecified atom stereocenters. The molecule has 0 saturated carbocycles. The molecule has 0 saturated heterocycles. The molecular weight excluding hydrogens is 338 g/mol. The molecule has 1 heterocycles. The number of amides is 1. The number of carbonyl (C=O) groups is 2. The number of fused-ring (bicyclic) bond motifs is 1. The maximum absolute atomic E-state index is 12.2. The highest BCUT2D eigenvalue weighted by molar-refractivity contribution is 7.14. The third-order valence-electron chi connectivity index (χ3n) is 4.25. The minimum absolute atomic E-state index is 0.317. The quantitative estimate of drug-likeness (QED) is 0.805. The van der Waals surface area contributed by atoms with E-state index in [1.54, 1.807) is 14.0 Å². The van der Waals surface area contributed by atoms with Crippen molar-refractivity contribution >= 4 is 23.2 Å². The Morgan fingerprint density at radius 2 is 2.08 bits per heavy atom. The Labute approximate surface area is 151 Å². The Morgan fingerprint density at radius 3 is 2.84 bits per heavy atom. The number of carbonyl (C=O) groups excluding carboxylic acids is 2. The summed E-state index contributed by atoms with van der Waals surface area (Å²) in [6.07, 6.45) is 2.35. The molecule has 3 rings (SSSR count). The Kier molecular flexibility index (Phi) is 5.38. The third kappa shape index (κ3) is 4.02. The molecule has 0 fully saturated rings. The Bertz CT molecular complexity index is 762. The van der Waals surface area contributed by atoms with Gasteiger partial charge in [0.25, 0.3) is 5.91 Å². The van der Waals surface area contributed by atoms with Crippen molar-refractivity contribution in [3.8, 4) is 5.75 Å². The van der Waals surface area contributed by atoms with Crippen molar-refractivity contribution in [1.82, 2.24) is 5.32 Å². The average Bonchev–Trinajstić information content (AvgIpc) is 3.21. The molecule has 0 radical (unpaired) electrons. The van der Waals surface area contributed by atoms with Gasteiger partial charge in [0.1, 0.15) is 10.6 Å². The molecule has 132 valence electrons. The minimum atomic E-state index is -0.848. The van der Waals surface area contributed by atoms with Gasteiger partial charge in [-0.1, -0.05) is 18.2 Å². The van der Waals surface area contributed by atoms with Crippen LogP contribution in [0, 0.1) is 0 Å². The number of hydrogen-bond acceptors (Lipinski definition) is 5. The molecule has 1 aromatic heterocycles. The van der Waals surface area contributed by atoms with Crippen LogP contribution in [-0.4, -0.2) is 25.1 Å². The molecule has 6 heteroatoms. The number of methoxy groups -OCH3 is 1. The second-order valence-electron chi connectivity index (χ2n) is 5.99. The van der Waals surface area contributed by atoms with Crippen molar-refractivity contribution in [2.75, 3.05) is 7.11 Å². The summed E-state index contributed by atoms with van der Waals surface area (Å²) in [5.74, 6) is -0.0526. The number of thiophene rings is 1. The first-order valence-corrected chi connectivity index (χ1v) is 9.12. The second-order valence-corrected chi connectivity index (χ2v) is 7.13. The second kappa shape index (κ2) is 7.70. The van der Waals surface area contributed by atoms with Crippen LogP contribution in [0.2, 0.25) is 0 Å². The first-order valence-electron chi connectivity index (χ1n) is 8.30. The summed E-state index contributed by atoms with van der Waals surface area (Å²) in [6.45, 7) is 1.90. The highest BCUT2D eigenvalue weighted by Gasteiger charge is 2.23. The highest BCUT2D eigenvalue weighted by atomic mass is 32.1.